The van der Waals surface area contributed by atoms with Gasteiger partial charge in [-0.15, -0.1) is 0 Å². The Labute approximate surface area is 84.5 Å². The van der Waals surface area contributed by atoms with Gasteiger partial charge >= 0.3 is 0 Å². The minimum atomic E-state index is 0.316. The van der Waals surface area contributed by atoms with E-state index >= 15 is 0 Å². The normalized spacial score (nSPS) is 20.7. The molecule has 0 spiro atoms. The summed E-state index contributed by atoms with van der Waals surface area (Å²) in [6.45, 7) is 4.78. The number of hydrogen-bond acceptors (Lipinski definition) is 4. The Balaban J connectivity index is 2.10. The molecule has 0 atom stereocenters. The summed E-state index contributed by atoms with van der Waals surface area (Å²) < 4.78 is 5.34. The zero-order valence-corrected chi connectivity index (χ0v) is 8.48. The van der Waals surface area contributed by atoms with Crippen LogP contribution in [0.4, 0.5) is 0 Å². The molecule has 3 N–H and O–H groups in total. The van der Waals surface area contributed by atoms with E-state index < -0.39 is 0 Å². The average Bonchev–Trinajstić information content (AvgIpc) is 2.46. The number of oxime groups is 1. The van der Waals surface area contributed by atoms with Crippen LogP contribution in [0.15, 0.2) is 5.16 Å². The van der Waals surface area contributed by atoms with Gasteiger partial charge in [0.25, 0.3) is 0 Å². The highest BCUT2D eigenvalue weighted by atomic mass is 16.5. The summed E-state index contributed by atoms with van der Waals surface area (Å²) in [6, 6.07) is 0. The van der Waals surface area contributed by atoms with Crippen molar-refractivity contribution in [3.05, 3.63) is 0 Å². The lowest BCUT2D eigenvalue weighted by Gasteiger charge is -2.18. The molecule has 1 saturated heterocycles. The van der Waals surface area contributed by atoms with Crippen LogP contribution in [-0.2, 0) is 4.74 Å². The van der Waals surface area contributed by atoms with Crippen LogP contribution in [0, 0.1) is 0 Å². The van der Waals surface area contributed by atoms with Gasteiger partial charge in [-0.3, -0.25) is 0 Å². The van der Waals surface area contributed by atoms with E-state index in [1.807, 2.05) is 0 Å². The molecule has 0 bridgehead atoms. The SMILES string of the molecule is NC(CCCN1CCCOCC1)=NO. The zero-order valence-electron chi connectivity index (χ0n) is 8.48. The fourth-order valence-electron chi connectivity index (χ4n) is 1.56. The molecule has 5 heteroatoms. The van der Waals surface area contributed by atoms with Gasteiger partial charge in [0.2, 0.25) is 0 Å². The second-order valence-electron chi connectivity index (χ2n) is 3.50. The summed E-state index contributed by atoms with van der Waals surface area (Å²) in [4.78, 5) is 2.36. The topological polar surface area (TPSA) is 71.1 Å². The Hall–Kier alpha value is -0.810. The predicted molar refractivity (Wildman–Crippen MR) is 54.5 cm³/mol. The minimum absolute atomic E-state index is 0.316. The van der Waals surface area contributed by atoms with Crippen LogP contribution < -0.4 is 5.73 Å². The molecule has 82 valence electrons. The molecular weight excluding hydrogens is 182 g/mol. The van der Waals surface area contributed by atoms with Crippen LogP contribution in [0.5, 0.6) is 0 Å². The first kappa shape index (κ1) is 11.3. The summed E-state index contributed by atoms with van der Waals surface area (Å²) >= 11 is 0. The van der Waals surface area contributed by atoms with Crippen LogP contribution in [0.25, 0.3) is 0 Å². The number of hydrogen-bond donors (Lipinski definition) is 2. The second kappa shape index (κ2) is 6.62. The predicted octanol–water partition coefficient (Wildman–Crippen LogP) is 0.235. The van der Waals surface area contributed by atoms with Gasteiger partial charge in [-0.05, 0) is 19.4 Å². The molecule has 0 saturated carbocycles. The van der Waals surface area contributed by atoms with Gasteiger partial charge in [0.05, 0.1) is 6.61 Å². The van der Waals surface area contributed by atoms with E-state index in [4.69, 9.17) is 15.7 Å². The molecule has 0 aromatic carbocycles. The highest BCUT2D eigenvalue weighted by Crippen LogP contribution is 2.01. The molecular formula is C9H19N3O2. The Morgan fingerprint density at radius 1 is 1.43 bits per heavy atom. The van der Waals surface area contributed by atoms with Gasteiger partial charge in [-0.2, -0.15) is 0 Å². The fourth-order valence-corrected chi connectivity index (χ4v) is 1.56. The van der Waals surface area contributed by atoms with Gasteiger partial charge in [0.1, 0.15) is 5.84 Å². The molecule has 14 heavy (non-hydrogen) atoms. The Morgan fingerprint density at radius 2 is 2.29 bits per heavy atom. The zero-order chi connectivity index (χ0) is 10.2. The summed E-state index contributed by atoms with van der Waals surface area (Å²) in [5.41, 5.74) is 5.38. The van der Waals surface area contributed by atoms with Crippen molar-refractivity contribution < 1.29 is 9.94 Å². The minimum Gasteiger partial charge on any atom is -0.409 e. The molecule has 1 aliphatic heterocycles. The lowest BCUT2D eigenvalue weighted by molar-refractivity contribution is 0.141. The third kappa shape index (κ3) is 4.43. The van der Waals surface area contributed by atoms with E-state index in [0.29, 0.717) is 12.3 Å². The van der Waals surface area contributed by atoms with E-state index in [1.165, 1.54) is 0 Å². The number of nitrogens with two attached hydrogens (primary N) is 1. The first-order valence-electron chi connectivity index (χ1n) is 5.09. The molecule has 0 amide bonds. The van der Waals surface area contributed by atoms with Gasteiger partial charge in [-0.1, -0.05) is 5.16 Å². The summed E-state index contributed by atoms with van der Waals surface area (Å²) in [5.74, 6) is 0.316. The van der Waals surface area contributed by atoms with Gasteiger partial charge in [-0.25, -0.2) is 0 Å². The summed E-state index contributed by atoms with van der Waals surface area (Å²) in [7, 11) is 0. The molecule has 1 aliphatic rings. The number of nitrogens with zero attached hydrogens (tertiary/aromatic N) is 2. The molecule has 1 rings (SSSR count). The van der Waals surface area contributed by atoms with Gasteiger partial charge in [0, 0.05) is 26.1 Å². The van der Waals surface area contributed by atoms with Crippen LogP contribution in [0.3, 0.4) is 0 Å². The van der Waals surface area contributed by atoms with Crippen molar-refractivity contribution in [2.45, 2.75) is 19.3 Å². The molecule has 5 nitrogen and oxygen atoms in total. The van der Waals surface area contributed by atoms with E-state index in [2.05, 4.69) is 10.1 Å². The number of amidine groups is 1. The second-order valence-corrected chi connectivity index (χ2v) is 3.50. The smallest absolute Gasteiger partial charge is 0.139 e. The van der Waals surface area contributed by atoms with E-state index in [1.54, 1.807) is 0 Å². The molecule has 1 fully saturated rings. The lowest BCUT2D eigenvalue weighted by Crippen LogP contribution is -2.28. The Bertz CT molecular complexity index is 177. The maximum atomic E-state index is 8.35. The third-order valence-electron chi connectivity index (χ3n) is 2.35. The number of ether oxygens (including phenoxy) is 1. The standard InChI is InChI=1S/C9H19N3O2/c10-9(11-13)3-1-4-12-5-2-7-14-8-6-12/h13H,1-8H2,(H2,10,11). The third-order valence-corrected chi connectivity index (χ3v) is 2.35. The average molecular weight is 201 g/mol. The first-order valence-corrected chi connectivity index (χ1v) is 5.09. The van der Waals surface area contributed by atoms with Crippen molar-refractivity contribution >= 4 is 5.84 Å². The molecule has 0 aromatic heterocycles. The highest BCUT2D eigenvalue weighted by molar-refractivity contribution is 5.79. The quantitative estimate of drug-likeness (QED) is 0.296. The molecule has 1 heterocycles. The number of rotatable bonds is 4. The fraction of sp³-hybridized carbons (Fsp3) is 0.889. The van der Waals surface area contributed by atoms with E-state index in [9.17, 15) is 0 Å². The first-order chi connectivity index (χ1) is 6.83. The monoisotopic (exact) mass is 201 g/mol. The van der Waals surface area contributed by atoms with Crippen molar-refractivity contribution in [1.29, 1.82) is 0 Å². The van der Waals surface area contributed by atoms with Gasteiger partial charge < -0.3 is 20.6 Å². The molecule has 0 aromatic rings. The molecule has 0 aliphatic carbocycles. The van der Waals surface area contributed by atoms with Gasteiger partial charge in [0.15, 0.2) is 0 Å². The van der Waals surface area contributed by atoms with Crippen LogP contribution >= 0.6 is 0 Å². The van der Waals surface area contributed by atoms with Crippen molar-refractivity contribution in [2.24, 2.45) is 10.9 Å². The largest absolute Gasteiger partial charge is 0.409 e. The van der Waals surface area contributed by atoms with Crippen LogP contribution in [0.2, 0.25) is 0 Å². The Morgan fingerprint density at radius 3 is 3.07 bits per heavy atom. The van der Waals surface area contributed by atoms with Crippen LogP contribution in [-0.4, -0.2) is 48.8 Å². The van der Waals surface area contributed by atoms with Crippen LogP contribution in [0.1, 0.15) is 19.3 Å². The highest BCUT2D eigenvalue weighted by Gasteiger charge is 2.08. The Kier molecular flexibility index (Phi) is 5.32. The van der Waals surface area contributed by atoms with Crippen molar-refractivity contribution in [3.63, 3.8) is 0 Å². The summed E-state index contributed by atoms with van der Waals surface area (Å²) in [5, 5.41) is 11.3. The van der Waals surface area contributed by atoms with Crippen molar-refractivity contribution in [3.8, 4) is 0 Å². The maximum Gasteiger partial charge on any atom is 0.139 e. The van der Waals surface area contributed by atoms with E-state index in [0.717, 1.165) is 45.7 Å². The van der Waals surface area contributed by atoms with E-state index in [-0.39, 0.29) is 0 Å². The maximum absolute atomic E-state index is 8.35. The molecule has 0 unspecified atom stereocenters. The lowest BCUT2D eigenvalue weighted by atomic mass is 10.2. The van der Waals surface area contributed by atoms with Crippen molar-refractivity contribution in [2.75, 3.05) is 32.8 Å². The summed E-state index contributed by atoms with van der Waals surface area (Å²) in [6.07, 6.45) is 2.70. The molecule has 0 radical (unpaired) electrons. The van der Waals surface area contributed by atoms with Crippen molar-refractivity contribution in [1.82, 2.24) is 4.90 Å².